The Kier molecular flexibility index (Phi) is 2.46. The molecule has 0 spiro atoms. The van der Waals surface area contributed by atoms with Crippen molar-refractivity contribution in [2.24, 2.45) is 0 Å². The quantitative estimate of drug-likeness (QED) is 0.634. The molecule has 2 nitrogen and oxygen atoms in total. The zero-order valence-electron chi connectivity index (χ0n) is 8.18. The van der Waals surface area contributed by atoms with Crippen LogP contribution in [0.4, 0.5) is 0 Å². The molecule has 0 unspecified atom stereocenters. The van der Waals surface area contributed by atoms with Gasteiger partial charge in [0.1, 0.15) is 5.82 Å². The third kappa shape index (κ3) is 2.03. The molecule has 1 heterocycles. The molecule has 1 aromatic rings. The molecule has 0 N–H and O–H groups in total. The Hall–Kier alpha value is -0.920. The first-order valence-electron chi connectivity index (χ1n) is 4.28. The van der Waals surface area contributed by atoms with Crippen molar-refractivity contribution < 1.29 is 0 Å². The van der Waals surface area contributed by atoms with Gasteiger partial charge in [-0.2, -0.15) is 0 Å². The van der Waals surface area contributed by atoms with Crippen LogP contribution in [0.5, 0.6) is 0 Å². The fraction of sp³-hybridized carbons (Fsp3) is 0.600. The Bertz CT molecular complexity index is 261. The number of hydrogen-bond donors (Lipinski definition) is 0. The summed E-state index contributed by atoms with van der Waals surface area (Å²) in [5.74, 6) is 0.877. The summed E-state index contributed by atoms with van der Waals surface area (Å²) in [6.07, 6.45) is 3.82. The van der Waals surface area contributed by atoms with Crippen molar-refractivity contribution >= 4 is 0 Å². The lowest BCUT2D eigenvalue weighted by atomic mass is 9.95. The van der Waals surface area contributed by atoms with E-state index in [2.05, 4.69) is 43.9 Å². The number of rotatable bonds is 1. The molecule has 0 saturated carbocycles. The van der Waals surface area contributed by atoms with Crippen LogP contribution in [0.1, 0.15) is 39.2 Å². The Morgan fingerprint density at radius 2 is 2.08 bits per heavy atom. The van der Waals surface area contributed by atoms with Gasteiger partial charge in [0, 0.05) is 11.1 Å². The molecule has 0 aliphatic carbocycles. The monoisotopic (exact) mass is 163 g/mol. The minimum absolute atomic E-state index is 0.0294. The third-order valence-corrected chi connectivity index (χ3v) is 1.68. The van der Waals surface area contributed by atoms with E-state index in [9.17, 15) is 0 Å². The number of nitrogens with zero attached hydrogens (tertiary/aromatic N) is 2. The molecule has 0 aromatic carbocycles. The predicted molar refractivity (Wildman–Crippen MR) is 48.9 cm³/mol. The molecule has 1 radical (unpaired) electrons. The van der Waals surface area contributed by atoms with E-state index in [0.29, 0.717) is 0 Å². The average molecular weight is 163 g/mol. The first kappa shape index (κ1) is 9.17. The second-order valence-electron chi connectivity index (χ2n) is 3.92. The lowest BCUT2D eigenvalue weighted by Crippen LogP contribution is -2.16. The number of aromatic nitrogens is 2. The smallest absolute Gasteiger partial charge is 0.134 e. The maximum atomic E-state index is 4.42. The fourth-order valence-electron chi connectivity index (χ4n) is 0.878. The van der Waals surface area contributed by atoms with Gasteiger partial charge in [0.2, 0.25) is 0 Å². The summed E-state index contributed by atoms with van der Waals surface area (Å²) in [6, 6.07) is 1.84. The van der Waals surface area contributed by atoms with Gasteiger partial charge in [-0.25, -0.2) is 9.97 Å². The van der Waals surface area contributed by atoms with Gasteiger partial charge in [0.25, 0.3) is 0 Å². The highest BCUT2D eigenvalue weighted by molar-refractivity contribution is 5.07. The summed E-state index contributed by atoms with van der Waals surface area (Å²) in [7, 11) is 0. The van der Waals surface area contributed by atoms with E-state index in [4.69, 9.17) is 0 Å². The molecule has 0 aliphatic heterocycles. The van der Waals surface area contributed by atoms with Gasteiger partial charge in [-0.1, -0.05) is 27.7 Å². The summed E-state index contributed by atoms with van der Waals surface area (Å²) >= 11 is 0. The highest BCUT2D eigenvalue weighted by atomic mass is 14.9. The first-order valence-corrected chi connectivity index (χ1v) is 4.28. The van der Waals surface area contributed by atoms with Crippen molar-refractivity contribution in [3.8, 4) is 0 Å². The zero-order valence-corrected chi connectivity index (χ0v) is 8.18. The molecule has 0 fully saturated rings. The molecule has 0 saturated heterocycles. The van der Waals surface area contributed by atoms with Gasteiger partial charge in [-0.3, -0.25) is 0 Å². The number of aryl methyl sites for hydroxylation is 1. The van der Waals surface area contributed by atoms with Gasteiger partial charge in [-0.05, 0) is 12.5 Å². The molecular weight excluding hydrogens is 148 g/mol. The van der Waals surface area contributed by atoms with Crippen molar-refractivity contribution in [2.75, 3.05) is 0 Å². The first-order chi connectivity index (χ1) is 5.54. The SMILES string of the molecule is CCc1c[c]nc(C(C)(C)C)n1. The van der Waals surface area contributed by atoms with Gasteiger partial charge in [0.05, 0.1) is 6.20 Å². The Morgan fingerprint density at radius 3 is 2.58 bits per heavy atom. The molecule has 12 heavy (non-hydrogen) atoms. The minimum atomic E-state index is 0.0294. The molecule has 0 bridgehead atoms. The van der Waals surface area contributed by atoms with E-state index in [1.54, 1.807) is 0 Å². The summed E-state index contributed by atoms with van der Waals surface area (Å²) in [5.41, 5.74) is 1.09. The normalized spacial score (nSPS) is 11.7. The van der Waals surface area contributed by atoms with Gasteiger partial charge >= 0.3 is 0 Å². The summed E-state index contributed by atoms with van der Waals surface area (Å²) in [5, 5.41) is 0. The third-order valence-electron chi connectivity index (χ3n) is 1.68. The highest BCUT2D eigenvalue weighted by Crippen LogP contribution is 2.17. The van der Waals surface area contributed by atoms with Crippen LogP contribution in [0.2, 0.25) is 0 Å². The van der Waals surface area contributed by atoms with Crippen molar-refractivity contribution in [1.29, 1.82) is 0 Å². The van der Waals surface area contributed by atoms with E-state index in [-0.39, 0.29) is 5.41 Å². The van der Waals surface area contributed by atoms with Crippen molar-refractivity contribution in [3.63, 3.8) is 0 Å². The highest BCUT2D eigenvalue weighted by Gasteiger charge is 2.16. The topological polar surface area (TPSA) is 25.8 Å². The van der Waals surface area contributed by atoms with E-state index >= 15 is 0 Å². The summed E-state index contributed by atoms with van der Waals surface area (Å²) < 4.78 is 0. The van der Waals surface area contributed by atoms with Crippen LogP contribution in [-0.4, -0.2) is 9.97 Å². The van der Waals surface area contributed by atoms with E-state index in [1.165, 1.54) is 0 Å². The van der Waals surface area contributed by atoms with Crippen molar-refractivity contribution in [2.45, 2.75) is 39.5 Å². The van der Waals surface area contributed by atoms with Gasteiger partial charge in [-0.15, -0.1) is 0 Å². The maximum Gasteiger partial charge on any atom is 0.134 e. The molecular formula is C10H15N2. The molecule has 0 amide bonds. The minimum Gasteiger partial charge on any atom is -0.237 e. The summed E-state index contributed by atoms with van der Waals surface area (Å²) in [6.45, 7) is 8.41. The van der Waals surface area contributed by atoms with E-state index in [1.807, 2.05) is 6.07 Å². The molecule has 0 atom stereocenters. The molecule has 1 rings (SSSR count). The van der Waals surface area contributed by atoms with Gasteiger partial charge < -0.3 is 0 Å². The second-order valence-corrected chi connectivity index (χ2v) is 3.92. The Balaban J connectivity index is 3.02. The summed E-state index contributed by atoms with van der Waals surface area (Å²) in [4.78, 5) is 8.54. The molecule has 65 valence electrons. The maximum absolute atomic E-state index is 4.42. The van der Waals surface area contributed by atoms with E-state index in [0.717, 1.165) is 17.9 Å². The van der Waals surface area contributed by atoms with Crippen LogP contribution in [-0.2, 0) is 11.8 Å². The van der Waals surface area contributed by atoms with Crippen LogP contribution >= 0.6 is 0 Å². The van der Waals surface area contributed by atoms with Crippen LogP contribution in [0.25, 0.3) is 0 Å². The Labute approximate surface area is 74.1 Å². The van der Waals surface area contributed by atoms with Crippen LogP contribution in [0.3, 0.4) is 0 Å². The lowest BCUT2D eigenvalue weighted by molar-refractivity contribution is 0.541. The number of hydrogen-bond acceptors (Lipinski definition) is 2. The van der Waals surface area contributed by atoms with Crippen molar-refractivity contribution in [3.05, 3.63) is 23.8 Å². The van der Waals surface area contributed by atoms with Crippen LogP contribution in [0, 0.1) is 6.20 Å². The Morgan fingerprint density at radius 1 is 1.42 bits per heavy atom. The average Bonchev–Trinajstić information content (AvgIpc) is 2.03. The predicted octanol–water partition coefficient (Wildman–Crippen LogP) is 2.14. The molecule has 2 heteroatoms. The van der Waals surface area contributed by atoms with E-state index < -0.39 is 0 Å². The van der Waals surface area contributed by atoms with Gasteiger partial charge in [0.15, 0.2) is 0 Å². The largest absolute Gasteiger partial charge is 0.237 e. The standard InChI is InChI=1S/C10H15N2/c1-5-8-6-7-11-9(12-8)10(2,3)4/h6H,5H2,1-4H3. The fourth-order valence-corrected chi connectivity index (χ4v) is 0.878. The second kappa shape index (κ2) is 3.21. The van der Waals surface area contributed by atoms with Crippen LogP contribution in [0.15, 0.2) is 6.07 Å². The lowest BCUT2D eigenvalue weighted by Gasteiger charge is -2.16. The zero-order chi connectivity index (χ0) is 9.19. The van der Waals surface area contributed by atoms with Crippen molar-refractivity contribution in [1.82, 2.24) is 9.97 Å². The molecule has 0 aliphatic rings. The van der Waals surface area contributed by atoms with Crippen LogP contribution < -0.4 is 0 Å². The molecule has 1 aromatic heterocycles.